The van der Waals surface area contributed by atoms with E-state index < -0.39 is 0 Å². The number of unbranched alkanes of at least 4 members (excludes halogenated alkanes) is 2. The van der Waals surface area contributed by atoms with Crippen LogP contribution in [0.4, 0.5) is 10.5 Å². The number of quaternary nitrogens is 1. The molecule has 0 fully saturated rings. The number of hydrogen-bond donors (Lipinski definition) is 2. The van der Waals surface area contributed by atoms with Gasteiger partial charge in [-0.25, -0.2) is 0 Å². The van der Waals surface area contributed by atoms with Crippen LogP contribution in [0.25, 0.3) is 17.0 Å². The van der Waals surface area contributed by atoms with Crippen LogP contribution in [-0.4, -0.2) is 63.4 Å². The summed E-state index contributed by atoms with van der Waals surface area (Å²) >= 11 is 1.83. The first-order valence-corrected chi connectivity index (χ1v) is 15.9. The van der Waals surface area contributed by atoms with Crippen LogP contribution in [0.5, 0.6) is 0 Å². The first-order chi connectivity index (χ1) is 19.7. The molecule has 4 rings (SSSR count). The summed E-state index contributed by atoms with van der Waals surface area (Å²) in [4.78, 5) is 26.4. The number of nitrogens with one attached hydrogen (secondary N) is 2. The smallest absolute Gasteiger partial charge is 0.234 e. The van der Waals surface area contributed by atoms with Crippen LogP contribution in [0, 0.1) is 0 Å². The summed E-state index contributed by atoms with van der Waals surface area (Å²) in [5, 5.41) is 8.03. The number of carbonyl (C=O) groups is 2. The third-order valence-electron chi connectivity index (χ3n) is 7.59. The zero-order valence-electron chi connectivity index (χ0n) is 24.6. The van der Waals surface area contributed by atoms with E-state index >= 15 is 0 Å². The van der Waals surface area contributed by atoms with Gasteiger partial charge in [0.2, 0.25) is 17.1 Å². The molecule has 1 aliphatic rings. The zero-order chi connectivity index (χ0) is 29.2. The van der Waals surface area contributed by atoms with E-state index in [4.69, 9.17) is 0 Å². The molecule has 0 aliphatic carbocycles. The number of fused-ring (bicyclic) bond motifs is 2. The Morgan fingerprint density at radius 1 is 0.951 bits per heavy atom. The molecule has 0 spiro atoms. The molecule has 1 aliphatic heterocycles. The minimum absolute atomic E-state index is 0.0577. The quantitative estimate of drug-likeness (QED) is 0.114. The van der Waals surface area contributed by atoms with Crippen molar-refractivity contribution >= 4 is 55.2 Å². The molecule has 0 saturated heterocycles. The van der Waals surface area contributed by atoms with Crippen molar-refractivity contribution in [3.63, 3.8) is 0 Å². The molecular formula is C32H44N5O2PS+2. The van der Waals surface area contributed by atoms with Gasteiger partial charge in [-0.1, -0.05) is 36.0 Å². The first kappa shape index (κ1) is 31.0. The van der Waals surface area contributed by atoms with Crippen molar-refractivity contribution in [2.75, 3.05) is 52.2 Å². The van der Waals surface area contributed by atoms with Crippen molar-refractivity contribution in [2.24, 2.45) is 0 Å². The van der Waals surface area contributed by atoms with Crippen LogP contribution in [-0.2, 0) is 11.3 Å². The number of para-hydroxylation sites is 2. The van der Waals surface area contributed by atoms with E-state index in [1.807, 2.05) is 11.8 Å². The highest BCUT2D eigenvalue weighted by Gasteiger charge is 2.22. The number of hydrogen-bond acceptors (Lipinski definition) is 4. The summed E-state index contributed by atoms with van der Waals surface area (Å²) in [6.45, 7) is 4.13. The fourth-order valence-corrected chi connectivity index (χ4v) is 6.52. The molecule has 0 saturated carbocycles. The highest BCUT2D eigenvalue weighted by atomic mass is 32.2. The molecule has 41 heavy (non-hydrogen) atoms. The Hall–Kier alpha value is -2.93. The topological polar surface area (TPSA) is 65.3 Å². The van der Waals surface area contributed by atoms with Crippen LogP contribution in [0.15, 0.2) is 70.7 Å². The van der Waals surface area contributed by atoms with Gasteiger partial charge in [-0.15, -0.1) is 0 Å². The van der Waals surface area contributed by atoms with Gasteiger partial charge in [0.25, 0.3) is 0 Å². The number of nitrogens with zero attached hydrogens (tertiary/aromatic N) is 3. The third kappa shape index (κ3) is 9.03. The standard InChI is InChI=1S/C32H42N5O2PS/c1-35-28-14-8-9-15-29(28)41-31(35)24-25-17-21-36(27-13-7-6-12-26(25)27)20-11-23-37(2,3)22-10-4-5-16-30(38)33-18-19-34-32(39)40/h6-9,12-15,17,21,24H,4-5,10-11,16,18-20,22-23,40H2,1-3H3/p+2. The lowest BCUT2D eigenvalue weighted by Crippen LogP contribution is -2.44. The van der Waals surface area contributed by atoms with E-state index in [2.05, 4.69) is 117 Å². The molecule has 7 nitrogen and oxygen atoms in total. The lowest BCUT2D eigenvalue weighted by atomic mass is 10.1. The Labute approximate surface area is 251 Å². The third-order valence-corrected chi connectivity index (χ3v) is 8.96. The van der Waals surface area contributed by atoms with Gasteiger partial charge in [0.15, 0.2) is 12.7 Å². The molecule has 1 aromatic heterocycles. The first-order valence-electron chi connectivity index (χ1n) is 14.5. The molecule has 0 radical (unpaired) electrons. The number of pyridine rings is 1. The number of aryl methyl sites for hydroxylation is 1. The van der Waals surface area contributed by atoms with E-state index in [1.165, 1.54) is 32.1 Å². The van der Waals surface area contributed by atoms with Crippen LogP contribution >= 0.6 is 21.0 Å². The van der Waals surface area contributed by atoms with Gasteiger partial charge in [-0.05, 0) is 58.3 Å². The average molecular weight is 594 g/mol. The van der Waals surface area contributed by atoms with E-state index in [1.54, 1.807) is 0 Å². The number of benzene rings is 2. The number of rotatable bonds is 14. The summed E-state index contributed by atoms with van der Waals surface area (Å²) < 4.78 is 3.37. The second-order valence-corrected chi connectivity index (χ2v) is 12.9. The predicted octanol–water partition coefficient (Wildman–Crippen LogP) is 5.40. The maximum atomic E-state index is 11.9. The Morgan fingerprint density at radius 3 is 2.49 bits per heavy atom. The number of aromatic nitrogens is 1. The summed E-state index contributed by atoms with van der Waals surface area (Å²) in [5.41, 5.74) is 3.62. The van der Waals surface area contributed by atoms with Gasteiger partial charge in [0, 0.05) is 43.6 Å². The highest BCUT2D eigenvalue weighted by Crippen LogP contribution is 2.45. The van der Waals surface area contributed by atoms with Crippen molar-refractivity contribution in [1.82, 2.24) is 10.6 Å². The lowest BCUT2D eigenvalue weighted by Gasteiger charge is -2.29. The van der Waals surface area contributed by atoms with E-state index in [0.717, 1.165) is 49.8 Å². The molecule has 1 unspecified atom stereocenters. The zero-order valence-corrected chi connectivity index (χ0v) is 26.5. The molecule has 218 valence electrons. The Morgan fingerprint density at radius 2 is 1.68 bits per heavy atom. The number of thioether (sulfide) groups is 1. The number of anilines is 1. The molecule has 0 bridgehead atoms. The largest absolute Gasteiger partial charge is 0.354 e. The van der Waals surface area contributed by atoms with Gasteiger partial charge in [-0.2, -0.15) is 4.57 Å². The summed E-state index contributed by atoms with van der Waals surface area (Å²) in [5.74, 6) is 0.0577. The fraction of sp³-hybridized carbons (Fsp3) is 0.406. The van der Waals surface area contributed by atoms with Gasteiger partial charge in [-0.3, -0.25) is 9.59 Å². The van der Waals surface area contributed by atoms with E-state index in [0.29, 0.717) is 19.5 Å². The van der Waals surface area contributed by atoms with Gasteiger partial charge in [0.1, 0.15) is 0 Å². The maximum Gasteiger partial charge on any atom is 0.234 e. The number of carbonyl (C=O) groups excluding carboxylic acids is 2. The van der Waals surface area contributed by atoms with E-state index in [9.17, 15) is 9.59 Å². The second-order valence-electron chi connectivity index (χ2n) is 11.3. The van der Waals surface area contributed by atoms with Crippen LogP contribution in [0.3, 0.4) is 0 Å². The normalized spacial score (nSPS) is 14.0. The van der Waals surface area contributed by atoms with Crippen LogP contribution in [0.1, 0.15) is 37.7 Å². The molecule has 1 atom stereocenters. The summed E-state index contributed by atoms with van der Waals surface area (Å²) in [6.07, 6.45) is 9.25. The molecular weight excluding hydrogens is 549 g/mol. The molecule has 9 heteroatoms. The monoisotopic (exact) mass is 593 g/mol. The molecule has 2 aromatic carbocycles. The predicted molar refractivity (Wildman–Crippen MR) is 174 cm³/mol. The Kier molecular flexibility index (Phi) is 11.2. The Bertz CT molecular complexity index is 1390. The minimum atomic E-state index is -0.156. The number of amides is 2. The molecule has 2 heterocycles. The van der Waals surface area contributed by atoms with Crippen molar-refractivity contribution < 1.29 is 18.6 Å². The van der Waals surface area contributed by atoms with Crippen molar-refractivity contribution in [2.45, 2.75) is 43.5 Å². The van der Waals surface area contributed by atoms with Crippen LogP contribution < -0.4 is 20.1 Å². The minimum Gasteiger partial charge on any atom is -0.354 e. The van der Waals surface area contributed by atoms with Crippen molar-refractivity contribution in [3.8, 4) is 0 Å². The van der Waals surface area contributed by atoms with E-state index in [-0.39, 0.29) is 11.6 Å². The lowest BCUT2D eigenvalue weighted by molar-refractivity contribution is -0.892. The maximum absolute atomic E-state index is 11.9. The van der Waals surface area contributed by atoms with Gasteiger partial charge < -0.3 is 20.0 Å². The second kappa shape index (κ2) is 14.8. The highest BCUT2D eigenvalue weighted by molar-refractivity contribution is 8.03. The van der Waals surface area contributed by atoms with Gasteiger partial charge in [0.05, 0.1) is 49.7 Å². The summed E-state index contributed by atoms with van der Waals surface area (Å²) in [6, 6.07) is 19.5. The van der Waals surface area contributed by atoms with Gasteiger partial charge >= 0.3 is 0 Å². The molecule has 2 N–H and O–H groups in total. The Balaban J connectivity index is 1.24. The molecule has 2 amide bonds. The average Bonchev–Trinajstić information content (AvgIpc) is 3.26. The SMILES string of the molecule is CN1/C(=C/c2cc[n+](CCC[N+](C)(C)CCCCCC(=O)NCCNC(=O)P)c3ccccc23)Sc2ccccc21. The fourth-order valence-electron chi connectivity index (χ4n) is 5.27. The van der Waals surface area contributed by atoms with Crippen molar-refractivity contribution in [3.05, 3.63) is 71.4 Å². The molecule has 3 aromatic rings. The van der Waals surface area contributed by atoms with Crippen LogP contribution in [0.2, 0.25) is 0 Å². The summed E-state index contributed by atoms with van der Waals surface area (Å²) in [7, 11) is 8.82. The van der Waals surface area contributed by atoms with Crippen molar-refractivity contribution in [1.29, 1.82) is 0 Å².